The summed E-state index contributed by atoms with van der Waals surface area (Å²) in [6.45, 7) is 2.75. The van der Waals surface area contributed by atoms with Crippen LogP contribution in [0.4, 0.5) is 5.69 Å². The fourth-order valence-electron chi connectivity index (χ4n) is 2.26. The molecule has 6 heteroatoms. The summed E-state index contributed by atoms with van der Waals surface area (Å²) in [6, 6.07) is 1.40. The van der Waals surface area contributed by atoms with Gasteiger partial charge in [0.05, 0.1) is 17.4 Å². The number of hydrogen-bond donors (Lipinski definition) is 3. The van der Waals surface area contributed by atoms with Gasteiger partial charge in [0.15, 0.2) is 0 Å². The molecule has 1 rings (SSSR count). The predicted octanol–water partition coefficient (Wildman–Crippen LogP) is 2.26. The van der Waals surface area contributed by atoms with Crippen molar-refractivity contribution < 1.29 is 14.7 Å². The Balaban J connectivity index is 2.49. The van der Waals surface area contributed by atoms with E-state index in [0.29, 0.717) is 24.6 Å². The molecule has 0 saturated carbocycles. The molecule has 0 aliphatic heterocycles. The number of hydrogen-bond acceptors (Lipinski definition) is 4. The first-order chi connectivity index (χ1) is 10.1. The second kappa shape index (κ2) is 9.07. The molecular weight excluding hydrogens is 270 g/mol. The number of amides is 1. The summed E-state index contributed by atoms with van der Waals surface area (Å²) >= 11 is 0. The Hall–Kier alpha value is -1.95. The van der Waals surface area contributed by atoms with Crippen LogP contribution in [-0.4, -0.2) is 28.5 Å². The number of carboxylic acid groups (broad SMARTS) is 1. The van der Waals surface area contributed by atoms with Crippen molar-refractivity contribution in [2.75, 3.05) is 11.9 Å². The molecule has 1 unspecified atom stereocenters. The molecule has 4 N–H and O–H groups in total. The van der Waals surface area contributed by atoms with Gasteiger partial charge in [-0.2, -0.15) is 0 Å². The summed E-state index contributed by atoms with van der Waals surface area (Å²) in [5, 5.41) is 11.6. The minimum atomic E-state index is -1.07. The number of pyridine rings is 1. The highest BCUT2D eigenvalue weighted by Crippen LogP contribution is 2.17. The second-order valence-corrected chi connectivity index (χ2v) is 5.09. The number of nitrogens with two attached hydrogens (primary N) is 1. The molecule has 1 heterocycles. The van der Waals surface area contributed by atoms with Crippen LogP contribution in [0.25, 0.3) is 0 Å². The molecule has 1 aromatic heterocycles. The fourth-order valence-corrected chi connectivity index (χ4v) is 2.26. The van der Waals surface area contributed by atoms with Crippen LogP contribution in [0.15, 0.2) is 18.5 Å². The third-order valence-electron chi connectivity index (χ3n) is 3.32. The van der Waals surface area contributed by atoms with E-state index in [-0.39, 0.29) is 11.5 Å². The van der Waals surface area contributed by atoms with E-state index >= 15 is 0 Å². The van der Waals surface area contributed by atoms with Crippen LogP contribution < -0.4 is 11.1 Å². The Morgan fingerprint density at radius 2 is 2.10 bits per heavy atom. The van der Waals surface area contributed by atoms with Crippen LogP contribution in [-0.2, 0) is 4.79 Å². The van der Waals surface area contributed by atoms with Gasteiger partial charge in [0.1, 0.15) is 0 Å². The first kappa shape index (κ1) is 17.1. The number of rotatable bonds is 9. The van der Waals surface area contributed by atoms with Gasteiger partial charge in [0, 0.05) is 12.6 Å². The molecule has 0 aliphatic carbocycles. The number of aromatic carboxylic acids is 1. The average Bonchev–Trinajstić information content (AvgIpc) is 2.45. The lowest BCUT2D eigenvalue weighted by molar-refractivity contribution is -0.116. The number of anilines is 1. The topological polar surface area (TPSA) is 105 Å². The van der Waals surface area contributed by atoms with Gasteiger partial charge in [0.2, 0.25) is 5.91 Å². The highest BCUT2D eigenvalue weighted by molar-refractivity contribution is 5.93. The molecule has 0 saturated heterocycles. The molecule has 6 nitrogen and oxygen atoms in total. The first-order valence-corrected chi connectivity index (χ1v) is 7.25. The van der Waals surface area contributed by atoms with Crippen LogP contribution >= 0.6 is 0 Å². The molecule has 0 radical (unpaired) electrons. The average molecular weight is 293 g/mol. The van der Waals surface area contributed by atoms with Gasteiger partial charge in [-0.15, -0.1) is 0 Å². The van der Waals surface area contributed by atoms with E-state index in [0.717, 1.165) is 25.7 Å². The molecule has 1 amide bonds. The molecular formula is C15H23N3O3. The van der Waals surface area contributed by atoms with Crippen molar-refractivity contribution in [2.24, 2.45) is 11.7 Å². The Labute approximate surface area is 124 Å². The SMILES string of the molecule is CCCC(CCN)CCC(=O)Nc1cncc(C(=O)O)c1. The van der Waals surface area contributed by atoms with Gasteiger partial charge in [0.25, 0.3) is 0 Å². The number of aromatic nitrogens is 1. The third-order valence-corrected chi connectivity index (χ3v) is 3.32. The fraction of sp³-hybridized carbons (Fsp3) is 0.533. The standard InChI is InChI=1S/C15H23N3O3/c1-2-3-11(6-7-16)4-5-14(19)18-13-8-12(15(20)21)9-17-10-13/h8-11H,2-7,16H2,1H3,(H,18,19)(H,20,21). The molecule has 0 fully saturated rings. The first-order valence-electron chi connectivity index (χ1n) is 7.25. The molecule has 1 atom stereocenters. The van der Waals surface area contributed by atoms with E-state index < -0.39 is 5.97 Å². The molecule has 0 spiro atoms. The number of nitrogens with one attached hydrogen (secondary N) is 1. The lowest BCUT2D eigenvalue weighted by Gasteiger charge is -2.14. The second-order valence-electron chi connectivity index (χ2n) is 5.09. The van der Waals surface area contributed by atoms with Gasteiger partial charge in [-0.3, -0.25) is 9.78 Å². The summed E-state index contributed by atoms with van der Waals surface area (Å²) in [5.74, 6) is -0.726. The monoisotopic (exact) mass is 293 g/mol. The normalized spacial score (nSPS) is 11.9. The molecule has 1 aromatic rings. The Morgan fingerprint density at radius 1 is 1.33 bits per heavy atom. The summed E-state index contributed by atoms with van der Waals surface area (Å²) in [6.07, 6.45) is 6.96. The van der Waals surface area contributed by atoms with E-state index in [1.165, 1.54) is 18.5 Å². The van der Waals surface area contributed by atoms with Crippen molar-refractivity contribution in [3.63, 3.8) is 0 Å². The van der Waals surface area contributed by atoms with Crippen molar-refractivity contribution in [1.29, 1.82) is 0 Å². The Bertz CT molecular complexity index is 471. The molecule has 116 valence electrons. The highest BCUT2D eigenvalue weighted by Gasteiger charge is 2.11. The van der Waals surface area contributed by atoms with E-state index in [9.17, 15) is 9.59 Å². The summed E-state index contributed by atoms with van der Waals surface area (Å²) in [5.41, 5.74) is 6.03. The van der Waals surface area contributed by atoms with Crippen LogP contribution in [0, 0.1) is 5.92 Å². The zero-order valence-corrected chi connectivity index (χ0v) is 12.3. The van der Waals surface area contributed by atoms with Gasteiger partial charge >= 0.3 is 5.97 Å². The van der Waals surface area contributed by atoms with E-state index in [1.54, 1.807) is 0 Å². The van der Waals surface area contributed by atoms with E-state index in [4.69, 9.17) is 10.8 Å². The van der Waals surface area contributed by atoms with Crippen molar-refractivity contribution in [2.45, 2.75) is 39.0 Å². The Morgan fingerprint density at radius 3 is 2.71 bits per heavy atom. The minimum absolute atomic E-state index is 0.0554. The molecule has 21 heavy (non-hydrogen) atoms. The maximum Gasteiger partial charge on any atom is 0.337 e. The number of carbonyl (C=O) groups is 2. The van der Waals surface area contributed by atoms with Crippen molar-refractivity contribution in [3.05, 3.63) is 24.0 Å². The van der Waals surface area contributed by atoms with Crippen LogP contribution in [0.1, 0.15) is 49.4 Å². The summed E-state index contributed by atoms with van der Waals surface area (Å²) < 4.78 is 0. The van der Waals surface area contributed by atoms with Gasteiger partial charge in [-0.05, 0) is 31.4 Å². The summed E-state index contributed by atoms with van der Waals surface area (Å²) in [7, 11) is 0. The highest BCUT2D eigenvalue weighted by atomic mass is 16.4. The van der Waals surface area contributed by atoms with Gasteiger partial charge in [-0.25, -0.2) is 4.79 Å². The van der Waals surface area contributed by atoms with Gasteiger partial charge in [-0.1, -0.05) is 19.8 Å². The third kappa shape index (κ3) is 6.35. The maximum atomic E-state index is 11.9. The number of nitrogens with zero attached hydrogens (tertiary/aromatic N) is 1. The van der Waals surface area contributed by atoms with Crippen molar-refractivity contribution in [1.82, 2.24) is 4.98 Å². The zero-order chi connectivity index (χ0) is 15.7. The van der Waals surface area contributed by atoms with E-state index in [2.05, 4.69) is 17.2 Å². The smallest absolute Gasteiger partial charge is 0.337 e. The quantitative estimate of drug-likeness (QED) is 0.647. The predicted molar refractivity (Wildman–Crippen MR) is 81.1 cm³/mol. The zero-order valence-electron chi connectivity index (χ0n) is 12.3. The lowest BCUT2D eigenvalue weighted by Crippen LogP contribution is -2.15. The van der Waals surface area contributed by atoms with Crippen LogP contribution in [0.5, 0.6) is 0 Å². The number of carbonyl (C=O) groups excluding carboxylic acids is 1. The molecule has 0 aliphatic rings. The van der Waals surface area contributed by atoms with Crippen LogP contribution in [0.3, 0.4) is 0 Å². The summed E-state index contributed by atoms with van der Waals surface area (Å²) in [4.78, 5) is 26.5. The molecule has 0 bridgehead atoms. The number of carboxylic acids is 1. The molecule has 0 aromatic carbocycles. The maximum absolute atomic E-state index is 11.9. The lowest BCUT2D eigenvalue weighted by atomic mass is 9.94. The van der Waals surface area contributed by atoms with E-state index in [1.807, 2.05) is 0 Å². The van der Waals surface area contributed by atoms with Crippen molar-refractivity contribution >= 4 is 17.6 Å². The van der Waals surface area contributed by atoms with Gasteiger partial charge < -0.3 is 16.2 Å². The Kier molecular flexibility index (Phi) is 7.39. The van der Waals surface area contributed by atoms with Crippen molar-refractivity contribution in [3.8, 4) is 0 Å². The van der Waals surface area contributed by atoms with Crippen LogP contribution in [0.2, 0.25) is 0 Å². The largest absolute Gasteiger partial charge is 0.478 e. The minimum Gasteiger partial charge on any atom is -0.478 e.